The smallest absolute Gasteiger partial charge is 0.352 e. The summed E-state index contributed by atoms with van der Waals surface area (Å²) in [6.45, 7) is 3.26. The third-order valence-electron chi connectivity index (χ3n) is 8.02. The summed E-state index contributed by atoms with van der Waals surface area (Å²) in [4.78, 5) is 87.9. The van der Waals surface area contributed by atoms with Crippen molar-refractivity contribution in [1.29, 1.82) is 0 Å². The van der Waals surface area contributed by atoms with Crippen LogP contribution in [0.15, 0.2) is 58.3 Å². The zero-order valence-electron chi connectivity index (χ0n) is 28.7. The molecule has 21 nitrogen and oxygen atoms in total. The van der Waals surface area contributed by atoms with Gasteiger partial charge in [0.2, 0.25) is 17.2 Å². The molecule has 2 aromatic heterocycles. The summed E-state index contributed by atoms with van der Waals surface area (Å²) >= 11 is 2.24. The molecule has 286 valence electrons. The van der Waals surface area contributed by atoms with Crippen LogP contribution in [-0.2, 0) is 40.1 Å². The van der Waals surface area contributed by atoms with E-state index in [1.807, 2.05) is 0 Å². The monoisotopic (exact) mass is 786 g/mol. The number of nitrogens with two attached hydrogens (primary N) is 2. The van der Waals surface area contributed by atoms with Gasteiger partial charge in [0.1, 0.15) is 47.8 Å². The average molecular weight is 787 g/mol. The SMILES string of the molecule is CC(C)(O/N=C(\C(=O)N[C@@H]1C(=O)N2C(C(=O)O)=C(/C=C/C[n+]3cnc(N)c(NCCNCC4=CC(=O)C(=O)CN4O)c3)CS[C@H]12)c1csc(N)n1)C(=O)O. The molecule has 0 aromatic carbocycles. The van der Waals surface area contributed by atoms with Crippen molar-refractivity contribution in [2.45, 2.75) is 37.4 Å². The molecule has 0 unspecified atom stereocenters. The van der Waals surface area contributed by atoms with Crippen LogP contribution in [0.2, 0.25) is 0 Å². The Hall–Kier alpha value is -5.91. The number of ketones is 2. The van der Waals surface area contributed by atoms with Crippen molar-refractivity contribution in [3.63, 3.8) is 0 Å². The molecule has 3 aliphatic rings. The van der Waals surface area contributed by atoms with Gasteiger partial charge in [-0.25, -0.2) is 19.1 Å². The number of carboxylic acid groups (broad SMARTS) is 2. The number of allylic oxidation sites excluding steroid dienone is 3. The number of hydrogen-bond acceptors (Lipinski definition) is 18. The summed E-state index contributed by atoms with van der Waals surface area (Å²) in [7, 11) is 0. The van der Waals surface area contributed by atoms with Crippen LogP contribution in [0.5, 0.6) is 0 Å². The number of oxime groups is 1. The van der Waals surface area contributed by atoms with E-state index in [0.29, 0.717) is 24.4 Å². The number of hydrogen-bond donors (Lipinski definition) is 8. The number of thioether (sulfide) groups is 1. The molecule has 54 heavy (non-hydrogen) atoms. The quantitative estimate of drug-likeness (QED) is 0.0235. The molecule has 1 saturated heterocycles. The highest BCUT2D eigenvalue weighted by Crippen LogP contribution is 2.40. The second kappa shape index (κ2) is 16.4. The maximum Gasteiger partial charge on any atom is 0.352 e. The Balaban J connectivity index is 1.19. The Morgan fingerprint density at radius 2 is 1.96 bits per heavy atom. The largest absolute Gasteiger partial charge is 0.478 e. The highest BCUT2D eigenvalue weighted by Gasteiger charge is 2.54. The second-order valence-electron chi connectivity index (χ2n) is 12.3. The Kier molecular flexibility index (Phi) is 11.9. The van der Waals surface area contributed by atoms with Crippen LogP contribution in [0.4, 0.5) is 16.6 Å². The molecule has 0 aliphatic carbocycles. The summed E-state index contributed by atoms with van der Waals surface area (Å²) in [5, 5.41) is 43.2. The van der Waals surface area contributed by atoms with Gasteiger partial charge in [-0.15, -0.1) is 23.1 Å². The van der Waals surface area contributed by atoms with Crippen LogP contribution < -0.4 is 32.0 Å². The lowest BCUT2D eigenvalue weighted by molar-refractivity contribution is -0.689. The number of thiazole rings is 1. The van der Waals surface area contributed by atoms with Gasteiger partial charge >= 0.3 is 11.9 Å². The van der Waals surface area contributed by atoms with Crippen molar-refractivity contribution in [3.8, 4) is 0 Å². The van der Waals surface area contributed by atoms with Crippen molar-refractivity contribution in [3.05, 3.63) is 58.8 Å². The fourth-order valence-electron chi connectivity index (χ4n) is 5.07. The second-order valence-corrected chi connectivity index (χ2v) is 14.3. The molecule has 2 amide bonds. The Bertz CT molecular complexity index is 2010. The van der Waals surface area contributed by atoms with Crippen LogP contribution in [-0.4, -0.2) is 125 Å². The minimum atomic E-state index is -1.80. The van der Waals surface area contributed by atoms with Gasteiger partial charge in [0.25, 0.3) is 24.0 Å². The zero-order valence-corrected chi connectivity index (χ0v) is 30.3. The molecule has 10 N–H and O–H groups in total. The highest BCUT2D eigenvalue weighted by atomic mass is 32.2. The van der Waals surface area contributed by atoms with Crippen LogP contribution in [0.25, 0.3) is 0 Å². The molecule has 2 aromatic rings. The van der Waals surface area contributed by atoms with Crippen LogP contribution >= 0.6 is 23.1 Å². The number of Topliss-reactive ketones (excluding diaryl/α,β-unsaturated/α-hetero) is 1. The van der Waals surface area contributed by atoms with Crippen molar-refractivity contribution in [2.24, 2.45) is 5.16 Å². The summed E-state index contributed by atoms with van der Waals surface area (Å²) in [6.07, 6.45) is 7.56. The van der Waals surface area contributed by atoms with Crippen LogP contribution in [0.3, 0.4) is 0 Å². The molecular formula is C31H36N11O10S2+. The first-order valence-corrected chi connectivity index (χ1v) is 17.9. The molecule has 0 radical (unpaired) electrons. The lowest BCUT2D eigenvalue weighted by Gasteiger charge is -2.49. The summed E-state index contributed by atoms with van der Waals surface area (Å²) in [5.41, 5.74) is 10.4. The van der Waals surface area contributed by atoms with Gasteiger partial charge in [-0.1, -0.05) is 11.2 Å². The lowest BCUT2D eigenvalue weighted by Crippen LogP contribution is -2.71. The van der Waals surface area contributed by atoms with Gasteiger partial charge in [-0.05, 0) is 30.5 Å². The average Bonchev–Trinajstić information content (AvgIpc) is 3.55. The first-order chi connectivity index (χ1) is 25.6. The van der Waals surface area contributed by atoms with E-state index in [1.54, 1.807) is 22.9 Å². The predicted molar refractivity (Wildman–Crippen MR) is 191 cm³/mol. The van der Waals surface area contributed by atoms with Crippen molar-refractivity contribution >= 4 is 80.8 Å². The van der Waals surface area contributed by atoms with Crippen LogP contribution in [0, 0.1) is 0 Å². The lowest BCUT2D eigenvalue weighted by atomic mass is 10.0. The summed E-state index contributed by atoms with van der Waals surface area (Å²) in [5.74, 6) is -5.21. The molecular weight excluding hydrogens is 751 g/mol. The molecule has 23 heteroatoms. The summed E-state index contributed by atoms with van der Waals surface area (Å²) in [6, 6.07) is -1.13. The topological polar surface area (TPSA) is 309 Å². The van der Waals surface area contributed by atoms with E-state index in [1.165, 1.54) is 37.3 Å². The number of amides is 2. The van der Waals surface area contributed by atoms with E-state index >= 15 is 0 Å². The van der Waals surface area contributed by atoms with Gasteiger partial charge in [-0.3, -0.25) is 34.3 Å². The summed E-state index contributed by atoms with van der Waals surface area (Å²) < 4.78 is 1.69. The van der Waals surface area contributed by atoms with Gasteiger partial charge in [-0.2, -0.15) is 0 Å². The normalized spacial score (nSPS) is 19.1. The molecule has 2 atom stereocenters. The third kappa shape index (κ3) is 8.82. The van der Waals surface area contributed by atoms with Gasteiger partial charge in [0, 0.05) is 36.8 Å². The number of hydroxylamine groups is 2. The van der Waals surface area contributed by atoms with E-state index in [2.05, 4.69) is 31.1 Å². The minimum absolute atomic E-state index is 0.00755. The minimum Gasteiger partial charge on any atom is -0.478 e. The fraction of sp³-hybridized carbons (Fsp3) is 0.355. The Labute approximate surface area is 314 Å². The van der Waals surface area contributed by atoms with Gasteiger partial charge in [0.15, 0.2) is 10.8 Å². The number of carbonyl (C=O) groups is 6. The fourth-order valence-corrected chi connectivity index (χ4v) is 6.94. The number of nitrogens with zero attached hydrogens (tertiary/aromatic N) is 6. The van der Waals surface area contributed by atoms with E-state index < -0.39 is 64.6 Å². The molecule has 5 heterocycles. The number of carbonyl (C=O) groups excluding carboxylic acids is 4. The van der Waals surface area contributed by atoms with Crippen molar-refractivity contribution < 1.29 is 53.6 Å². The van der Waals surface area contributed by atoms with E-state index in [9.17, 15) is 44.2 Å². The molecule has 0 spiro atoms. The first kappa shape index (κ1) is 39.3. The molecule has 5 rings (SSSR count). The van der Waals surface area contributed by atoms with Crippen molar-refractivity contribution in [1.82, 2.24) is 30.6 Å². The van der Waals surface area contributed by atoms with Gasteiger partial charge in [0.05, 0.1) is 5.70 Å². The Morgan fingerprint density at radius 3 is 2.65 bits per heavy atom. The maximum atomic E-state index is 13.3. The first-order valence-electron chi connectivity index (χ1n) is 16.0. The number of β-lactam (4-membered cyclic amide) rings is 1. The number of aromatic nitrogens is 3. The van der Waals surface area contributed by atoms with Gasteiger partial charge < -0.3 is 42.5 Å². The van der Waals surface area contributed by atoms with Crippen molar-refractivity contribution in [2.75, 3.05) is 48.7 Å². The predicted octanol–water partition coefficient (Wildman–Crippen LogP) is -1.70. The third-order valence-corrected chi connectivity index (χ3v) is 9.99. The maximum absolute atomic E-state index is 13.3. The van der Waals surface area contributed by atoms with E-state index in [-0.39, 0.29) is 46.9 Å². The molecule has 3 aliphatic heterocycles. The standard InChI is InChI=1S/C31H35N11O10S2/c1-31(2,29(49)50)52-39-21(18-13-54-30(33)37-18)25(45)38-22-26(46)42-23(28(47)48)15(12-53-27(22)42)4-3-7-40-10-17(24(32)36-14-40)35-6-5-34-9-16-8-19(43)20(44)11-41(16)51/h3-4,8,10,13-14,22,27,32,34-35,51H,5-7,9,11-12H2,1-2H3,(H5,33,37,38,45,47,48,49,50)/p+1/b4-3+,39-21-/t22-,27-/m1/s1. The number of nitrogens with one attached hydrogen (secondary N) is 3. The number of anilines is 3. The molecule has 0 saturated carbocycles. The highest BCUT2D eigenvalue weighted by molar-refractivity contribution is 8.00. The zero-order chi connectivity index (χ0) is 39.3. The van der Waals surface area contributed by atoms with E-state index in [0.717, 1.165) is 27.4 Å². The number of rotatable bonds is 16. The Morgan fingerprint density at radius 1 is 1.20 bits per heavy atom. The number of fused-ring (bicyclic) bond motifs is 1. The molecule has 1 fully saturated rings. The number of carboxylic acids is 2. The van der Waals surface area contributed by atoms with Crippen LogP contribution in [0.1, 0.15) is 19.5 Å². The molecule has 0 bridgehead atoms. The number of aliphatic carboxylic acids is 2. The number of nitrogen functional groups attached to an aromatic ring is 2. The van der Waals surface area contributed by atoms with E-state index in [4.69, 9.17) is 16.3 Å².